The predicted octanol–water partition coefficient (Wildman–Crippen LogP) is -0.0691. The maximum absolute atomic E-state index is 11.9. The van der Waals surface area contributed by atoms with Crippen molar-refractivity contribution >= 4 is 5.91 Å². The summed E-state index contributed by atoms with van der Waals surface area (Å²) in [5, 5.41) is 21.1. The first kappa shape index (κ1) is 13.6. The molecule has 0 spiro atoms. The van der Waals surface area contributed by atoms with Gasteiger partial charge in [0.1, 0.15) is 18.8 Å². The maximum Gasteiger partial charge on any atom is 0.251 e. The van der Waals surface area contributed by atoms with E-state index in [0.29, 0.717) is 30.3 Å². The second-order valence-electron chi connectivity index (χ2n) is 4.70. The number of benzene rings is 1. The minimum Gasteiger partial charge on any atom is -0.486 e. The van der Waals surface area contributed by atoms with E-state index in [2.05, 4.69) is 5.32 Å². The van der Waals surface area contributed by atoms with Crippen molar-refractivity contribution in [3.8, 4) is 11.5 Å². The van der Waals surface area contributed by atoms with Gasteiger partial charge in [-0.25, -0.2) is 0 Å². The van der Waals surface area contributed by atoms with Crippen LogP contribution in [-0.4, -0.2) is 48.1 Å². The van der Waals surface area contributed by atoms with E-state index in [1.54, 1.807) is 18.2 Å². The molecule has 1 unspecified atom stereocenters. The Hall–Kier alpha value is -1.79. The number of ether oxygens (including phenoxy) is 2. The van der Waals surface area contributed by atoms with Gasteiger partial charge < -0.3 is 25.0 Å². The molecule has 0 radical (unpaired) electrons. The molecule has 6 nitrogen and oxygen atoms in total. The fraction of sp³-hybridized carbons (Fsp3) is 0.462. The number of aliphatic hydroxyl groups is 2. The topological polar surface area (TPSA) is 88.0 Å². The van der Waals surface area contributed by atoms with Crippen molar-refractivity contribution in [2.24, 2.45) is 0 Å². The highest BCUT2D eigenvalue weighted by Crippen LogP contribution is 2.30. The Balaban J connectivity index is 2.03. The lowest BCUT2D eigenvalue weighted by Crippen LogP contribution is -2.43. The van der Waals surface area contributed by atoms with Crippen molar-refractivity contribution in [2.75, 3.05) is 26.4 Å². The number of hydrogen-bond acceptors (Lipinski definition) is 5. The van der Waals surface area contributed by atoms with E-state index < -0.39 is 12.2 Å². The summed E-state index contributed by atoms with van der Waals surface area (Å²) in [6, 6.07) is 4.89. The van der Waals surface area contributed by atoms with Gasteiger partial charge in [0.05, 0.1) is 6.61 Å². The number of nitrogens with one attached hydrogen (secondary N) is 1. The molecule has 1 aliphatic rings. The van der Waals surface area contributed by atoms with Crippen LogP contribution in [0.15, 0.2) is 18.2 Å². The molecule has 6 heteroatoms. The molecule has 0 bridgehead atoms. The summed E-state index contributed by atoms with van der Waals surface area (Å²) >= 11 is 0. The lowest BCUT2D eigenvalue weighted by molar-refractivity contribution is 0.00320. The van der Waals surface area contributed by atoms with Gasteiger partial charge in [-0.05, 0) is 25.1 Å². The second kappa shape index (κ2) is 5.46. The average Bonchev–Trinajstić information content (AvgIpc) is 2.44. The first-order chi connectivity index (χ1) is 9.02. The van der Waals surface area contributed by atoms with Crippen molar-refractivity contribution in [3.05, 3.63) is 23.8 Å². The van der Waals surface area contributed by atoms with Gasteiger partial charge in [0, 0.05) is 12.1 Å². The standard InChI is InChI=1S/C13H17NO5/c1-13(17,8-15)7-14-12(16)9-2-3-10-11(6-9)19-5-4-18-10/h2-3,6,15,17H,4-5,7-8H2,1H3,(H,14,16). The Bertz CT molecular complexity index is 472. The molecule has 0 saturated carbocycles. The lowest BCUT2D eigenvalue weighted by Gasteiger charge is -2.21. The first-order valence-electron chi connectivity index (χ1n) is 6.03. The normalized spacial score (nSPS) is 16.6. The van der Waals surface area contributed by atoms with Crippen LogP contribution in [0.3, 0.4) is 0 Å². The zero-order valence-electron chi connectivity index (χ0n) is 10.7. The molecule has 19 heavy (non-hydrogen) atoms. The van der Waals surface area contributed by atoms with Crippen LogP contribution in [0.5, 0.6) is 11.5 Å². The van der Waals surface area contributed by atoms with Gasteiger partial charge in [0.25, 0.3) is 5.91 Å². The highest BCUT2D eigenvalue weighted by molar-refractivity contribution is 5.94. The van der Waals surface area contributed by atoms with Crippen molar-refractivity contribution in [1.29, 1.82) is 0 Å². The summed E-state index contributed by atoms with van der Waals surface area (Å²) < 4.78 is 10.7. The third kappa shape index (κ3) is 3.36. The van der Waals surface area contributed by atoms with E-state index in [0.717, 1.165) is 0 Å². The van der Waals surface area contributed by atoms with E-state index >= 15 is 0 Å². The Morgan fingerprint density at radius 3 is 2.74 bits per heavy atom. The zero-order chi connectivity index (χ0) is 13.9. The van der Waals surface area contributed by atoms with Crippen LogP contribution in [0.4, 0.5) is 0 Å². The van der Waals surface area contributed by atoms with Crippen LogP contribution >= 0.6 is 0 Å². The highest BCUT2D eigenvalue weighted by atomic mass is 16.6. The van der Waals surface area contributed by atoms with Crippen LogP contribution in [0, 0.1) is 0 Å². The molecule has 0 saturated heterocycles. The van der Waals surface area contributed by atoms with Crippen LogP contribution in [0.25, 0.3) is 0 Å². The SMILES string of the molecule is CC(O)(CO)CNC(=O)c1ccc2c(c1)OCCO2. The quantitative estimate of drug-likeness (QED) is 0.711. The van der Waals surface area contributed by atoms with Gasteiger partial charge in [0.15, 0.2) is 11.5 Å². The summed E-state index contributed by atoms with van der Waals surface area (Å²) in [5.41, 5.74) is -0.915. The summed E-state index contributed by atoms with van der Waals surface area (Å²) in [6.07, 6.45) is 0. The first-order valence-corrected chi connectivity index (χ1v) is 6.03. The summed E-state index contributed by atoms with van der Waals surface area (Å²) in [6.45, 7) is 1.94. The molecule has 0 fully saturated rings. The minimum absolute atomic E-state index is 0.0310. The number of fused-ring (bicyclic) bond motifs is 1. The van der Waals surface area contributed by atoms with Gasteiger partial charge in [-0.1, -0.05) is 0 Å². The monoisotopic (exact) mass is 267 g/mol. The van der Waals surface area contributed by atoms with E-state index in [-0.39, 0.29) is 12.5 Å². The number of carbonyl (C=O) groups is 1. The summed E-state index contributed by atoms with van der Waals surface area (Å²) in [5.74, 6) is 0.809. The fourth-order valence-electron chi connectivity index (χ4n) is 1.61. The van der Waals surface area contributed by atoms with E-state index in [1.165, 1.54) is 6.92 Å². The molecule has 104 valence electrons. The Labute approximate surface area is 111 Å². The molecule has 1 amide bonds. The zero-order valence-corrected chi connectivity index (χ0v) is 10.7. The minimum atomic E-state index is -1.33. The molecular weight excluding hydrogens is 250 g/mol. The Kier molecular flexibility index (Phi) is 3.92. The number of carbonyl (C=O) groups excluding carboxylic acids is 1. The molecule has 2 rings (SSSR count). The molecule has 0 aromatic heterocycles. The van der Waals surface area contributed by atoms with Crippen molar-refractivity contribution in [3.63, 3.8) is 0 Å². The van der Waals surface area contributed by atoms with Crippen LogP contribution in [0.2, 0.25) is 0 Å². The fourth-order valence-corrected chi connectivity index (χ4v) is 1.61. The second-order valence-corrected chi connectivity index (χ2v) is 4.70. The third-order valence-corrected chi connectivity index (χ3v) is 2.77. The number of hydrogen-bond donors (Lipinski definition) is 3. The van der Waals surface area contributed by atoms with Gasteiger partial charge in [-0.3, -0.25) is 4.79 Å². The van der Waals surface area contributed by atoms with Crippen LogP contribution in [-0.2, 0) is 0 Å². The molecule has 1 atom stereocenters. The average molecular weight is 267 g/mol. The van der Waals surface area contributed by atoms with E-state index in [9.17, 15) is 9.90 Å². The van der Waals surface area contributed by atoms with Crippen molar-refractivity contribution < 1.29 is 24.5 Å². The molecule has 1 aromatic carbocycles. The maximum atomic E-state index is 11.9. The van der Waals surface area contributed by atoms with Gasteiger partial charge in [-0.15, -0.1) is 0 Å². The van der Waals surface area contributed by atoms with Gasteiger partial charge >= 0.3 is 0 Å². The lowest BCUT2D eigenvalue weighted by atomic mass is 10.1. The molecule has 1 aromatic rings. The molecule has 1 aliphatic heterocycles. The predicted molar refractivity (Wildman–Crippen MR) is 67.5 cm³/mol. The van der Waals surface area contributed by atoms with Gasteiger partial charge in [0.2, 0.25) is 0 Å². The van der Waals surface area contributed by atoms with E-state index in [4.69, 9.17) is 14.6 Å². The summed E-state index contributed by atoms with van der Waals surface area (Å²) in [4.78, 5) is 11.9. The highest BCUT2D eigenvalue weighted by Gasteiger charge is 2.21. The Morgan fingerprint density at radius 2 is 2.05 bits per heavy atom. The molecule has 3 N–H and O–H groups in total. The van der Waals surface area contributed by atoms with Crippen LogP contribution in [0.1, 0.15) is 17.3 Å². The third-order valence-electron chi connectivity index (χ3n) is 2.77. The van der Waals surface area contributed by atoms with Crippen molar-refractivity contribution in [2.45, 2.75) is 12.5 Å². The smallest absolute Gasteiger partial charge is 0.251 e. The number of amides is 1. The van der Waals surface area contributed by atoms with E-state index in [1.807, 2.05) is 0 Å². The van der Waals surface area contributed by atoms with Crippen molar-refractivity contribution in [1.82, 2.24) is 5.32 Å². The van der Waals surface area contributed by atoms with Crippen LogP contribution < -0.4 is 14.8 Å². The number of aliphatic hydroxyl groups excluding tert-OH is 1. The molecule has 1 heterocycles. The molecular formula is C13H17NO5. The largest absolute Gasteiger partial charge is 0.486 e. The van der Waals surface area contributed by atoms with Gasteiger partial charge in [-0.2, -0.15) is 0 Å². The summed E-state index contributed by atoms with van der Waals surface area (Å²) in [7, 11) is 0. The number of rotatable bonds is 4. The Morgan fingerprint density at radius 1 is 1.37 bits per heavy atom. The molecule has 0 aliphatic carbocycles.